The van der Waals surface area contributed by atoms with Gasteiger partial charge in [-0.3, -0.25) is 14.8 Å². The fraction of sp³-hybridized carbons (Fsp3) is 0.222. The Bertz CT molecular complexity index is 1620. The van der Waals surface area contributed by atoms with Crippen LogP contribution >= 0.6 is 0 Å². The highest BCUT2D eigenvalue weighted by molar-refractivity contribution is 7.90. The van der Waals surface area contributed by atoms with Crippen molar-refractivity contribution in [2.45, 2.75) is 36.5 Å². The number of hydrogen-bond donors (Lipinski definition) is 1. The summed E-state index contributed by atoms with van der Waals surface area (Å²) in [7, 11) is -2.77. The van der Waals surface area contributed by atoms with Gasteiger partial charge in [-0.1, -0.05) is 23.8 Å². The Morgan fingerprint density at radius 3 is 2.67 bits per heavy atom. The number of sulfonamides is 1. The third-order valence-corrected chi connectivity index (χ3v) is 8.07. The molecule has 2 aromatic carbocycles. The van der Waals surface area contributed by atoms with Crippen LogP contribution in [0.2, 0.25) is 0 Å². The molecule has 1 aliphatic carbocycles. The van der Waals surface area contributed by atoms with Gasteiger partial charge in [0.15, 0.2) is 0 Å². The smallest absolute Gasteiger partial charge is 0.264 e. The molecule has 184 valence electrons. The largest absolute Gasteiger partial charge is 0.496 e. The van der Waals surface area contributed by atoms with E-state index in [-0.39, 0.29) is 11.3 Å². The Morgan fingerprint density at radius 1 is 1.11 bits per heavy atom. The number of aromatic nitrogens is 2. The summed E-state index contributed by atoms with van der Waals surface area (Å²) in [5.41, 5.74) is 1.91. The molecular weight excluding hydrogens is 481 g/mol. The van der Waals surface area contributed by atoms with E-state index >= 15 is 0 Å². The fourth-order valence-electron chi connectivity index (χ4n) is 4.86. The zero-order chi connectivity index (χ0) is 25.7. The molecule has 9 heteroatoms. The van der Waals surface area contributed by atoms with Gasteiger partial charge >= 0.3 is 0 Å². The van der Waals surface area contributed by atoms with Crippen molar-refractivity contribution in [2.75, 3.05) is 7.11 Å². The van der Waals surface area contributed by atoms with Gasteiger partial charge in [0.25, 0.3) is 10.0 Å². The Labute approximate surface area is 208 Å². The number of nitrogens with one attached hydrogen (secondary N) is 1. The quantitative estimate of drug-likeness (QED) is 0.419. The van der Waals surface area contributed by atoms with E-state index in [1.165, 1.54) is 25.4 Å². The normalized spacial score (nSPS) is 19.2. The molecule has 0 bridgehead atoms. The molecule has 2 atom stereocenters. The number of methoxy groups -OCH3 is 1. The van der Waals surface area contributed by atoms with Crippen molar-refractivity contribution in [1.29, 1.82) is 0 Å². The standard InChI is InChI=1S/C27H24FN3O4S/c1-16-7-10-24(35-3)21(11-16)27(13-22(27)18-12-19(28)15-29-14-18)26(32)31-36(33,34)25-6-4-5-23-20(25)9-8-17(2)30-23/h4-12,14-15,22H,13H2,1-3H3,(H,31,32)/t22-,27-/m1/s1. The molecule has 0 aliphatic heterocycles. The number of nitrogens with zero attached hydrogens (tertiary/aromatic N) is 2. The van der Waals surface area contributed by atoms with Crippen molar-refractivity contribution >= 4 is 26.8 Å². The molecule has 1 N–H and O–H groups in total. The molecule has 1 saturated carbocycles. The van der Waals surface area contributed by atoms with Crippen LogP contribution in [0.5, 0.6) is 5.75 Å². The van der Waals surface area contributed by atoms with E-state index < -0.39 is 33.1 Å². The van der Waals surface area contributed by atoms with Crippen LogP contribution in [-0.4, -0.2) is 31.4 Å². The van der Waals surface area contributed by atoms with Gasteiger partial charge in [0.2, 0.25) is 5.91 Å². The minimum absolute atomic E-state index is 0.0446. The lowest BCUT2D eigenvalue weighted by Crippen LogP contribution is -2.40. The second-order valence-electron chi connectivity index (χ2n) is 9.08. The maximum Gasteiger partial charge on any atom is 0.264 e. The molecule has 36 heavy (non-hydrogen) atoms. The summed E-state index contributed by atoms with van der Waals surface area (Å²) in [6.45, 7) is 3.69. The Balaban J connectivity index is 1.60. The summed E-state index contributed by atoms with van der Waals surface area (Å²) in [5, 5.41) is 0.410. The van der Waals surface area contributed by atoms with E-state index in [1.807, 2.05) is 26.0 Å². The minimum Gasteiger partial charge on any atom is -0.496 e. The summed E-state index contributed by atoms with van der Waals surface area (Å²) in [6.07, 6.45) is 2.86. The van der Waals surface area contributed by atoms with Crippen molar-refractivity contribution in [2.24, 2.45) is 0 Å². The molecule has 7 nitrogen and oxygen atoms in total. The highest BCUT2D eigenvalue weighted by Gasteiger charge is 2.63. The van der Waals surface area contributed by atoms with Gasteiger partial charge in [0.1, 0.15) is 11.6 Å². The first kappa shape index (κ1) is 23.9. The number of rotatable bonds is 6. The molecule has 1 fully saturated rings. The Kier molecular flexibility index (Phi) is 5.75. The summed E-state index contributed by atoms with van der Waals surface area (Å²) in [4.78, 5) is 22.2. The molecule has 2 heterocycles. The van der Waals surface area contributed by atoms with Crippen LogP contribution in [0.1, 0.15) is 34.7 Å². The average molecular weight is 506 g/mol. The van der Waals surface area contributed by atoms with E-state index in [4.69, 9.17) is 4.74 Å². The number of benzene rings is 2. The maximum absolute atomic E-state index is 14.0. The molecule has 5 rings (SSSR count). The Morgan fingerprint density at radius 2 is 1.92 bits per heavy atom. The van der Waals surface area contributed by atoms with Crippen LogP contribution in [0.3, 0.4) is 0 Å². The van der Waals surface area contributed by atoms with Gasteiger partial charge in [-0.05, 0) is 62.2 Å². The molecule has 0 spiro atoms. The van der Waals surface area contributed by atoms with Crippen molar-refractivity contribution in [3.63, 3.8) is 0 Å². The van der Waals surface area contributed by atoms with Gasteiger partial charge in [-0.15, -0.1) is 0 Å². The summed E-state index contributed by atoms with van der Waals surface area (Å²) >= 11 is 0. The predicted molar refractivity (Wildman–Crippen MR) is 133 cm³/mol. The van der Waals surface area contributed by atoms with Crippen molar-refractivity contribution in [3.05, 3.63) is 95.2 Å². The molecular formula is C27H24FN3O4S. The molecule has 2 aromatic heterocycles. The number of carbonyl (C=O) groups is 1. The van der Waals surface area contributed by atoms with Gasteiger partial charge in [0.05, 0.1) is 29.1 Å². The number of ether oxygens (including phenoxy) is 1. The lowest BCUT2D eigenvalue weighted by Gasteiger charge is -2.21. The van der Waals surface area contributed by atoms with Crippen molar-refractivity contribution in [1.82, 2.24) is 14.7 Å². The third kappa shape index (κ3) is 3.99. The van der Waals surface area contributed by atoms with E-state index in [2.05, 4.69) is 14.7 Å². The number of hydrogen-bond acceptors (Lipinski definition) is 6. The van der Waals surface area contributed by atoms with Crippen molar-refractivity contribution < 1.29 is 22.3 Å². The fourth-order valence-corrected chi connectivity index (χ4v) is 6.11. The summed E-state index contributed by atoms with van der Waals surface area (Å²) in [5.74, 6) is -1.28. The topological polar surface area (TPSA) is 98.2 Å². The van der Waals surface area contributed by atoms with Gasteiger partial charge in [-0.2, -0.15) is 0 Å². The highest BCUT2D eigenvalue weighted by atomic mass is 32.2. The van der Waals surface area contributed by atoms with Crippen LogP contribution in [0.4, 0.5) is 4.39 Å². The van der Waals surface area contributed by atoms with Crippen molar-refractivity contribution in [3.8, 4) is 5.75 Å². The molecule has 1 aliphatic rings. The average Bonchev–Trinajstić information content (AvgIpc) is 3.60. The molecule has 4 aromatic rings. The lowest BCUT2D eigenvalue weighted by atomic mass is 9.88. The zero-order valence-electron chi connectivity index (χ0n) is 19.9. The van der Waals surface area contributed by atoms with E-state index in [9.17, 15) is 17.6 Å². The third-order valence-electron chi connectivity index (χ3n) is 6.68. The zero-order valence-corrected chi connectivity index (χ0v) is 20.8. The molecule has 1 amide bonds. The van der Waals surface area contributed by atoms with Crippen LogP contribution in [0.25, 0.3) is 10.9 Å². The lowest BCUT2D eigenvalue weighted by molar-refractivity contribution is -0.122. The molecule has 0 radical (unpaired) electrons. The number of halogens is 1. The summed E-state index contributed by atoms with van der Waals surface area (Å²) in [6, 6.07) is 14.9. The SMILES string of the molecule is COc1ccc(C)cc1[C@]1(C(=O)NS(=O)(=O)c2cccc3nc(C)ccc23)C[C@@H]1c1cncc(F)c1. The first-order chi connectivity index (χ1) is 17.2. The molecule has 0 saturated heterocycles. The number of amides is 1. The first-order valence-electron chi connectivity index (χ1n) is 11.3. The monoisotopic (exact) mass is 505 g/mol. The number of carbonyl (C=O) groups excluding carboxylic acids is 1. The minimum atomic E-state index is -4.26. The number of fused-ring (bicyclic) bond motifs is 1. The van der Waals surface area contributed by atoms with E-state index in [1.54, 1.807) is 30.3 Å². The molecule has 0 unspecified atom stereocenters. The maximum atomic E-state index is 14.0. The van der Waals surface area contributed by atoms with Crippen LogP contribution < -0.4 is 9.46 Å². The number of pyridine rings is 2. The van der Waals surface area contributed by atoms with Crippen LogP contribution in [-0.2, 0) is 20.2 Å². The van der Waals surface area contributed by atoms with Gasteiger partial charge in [-0.25, -0.2) is 17.5 Å². The van der Waals surface area contributed by atoms with Gasteiger partial charge in [0, 0.05) is 28.8 Å². The van der Waals surface area contributed by atoms with Crippen LogP contribution in [0, 0.1) is 19.7 Å². The summed E-state index contributed by atoms with van der Waals surface area (Å²) < 4.78 is 48.8. The predicted octanol–water partition coefficient (Wildman–Crippen LogP) is 4.32. The Hall–Kier alpha value is -3.85. The first-order valence-corrected chi connectivity index (χ1v) is 12.8. The van der Waals surface area contributed by atoms with Gasteiger partial charge < -0.3 is 4.74 Å². The second-order valence-corrected chi connectivity index (χ2v) is 10.7. The van der Waals surface area contributed by atoms with Crippen LogP contribution in [0.15, 0.2) is 71.9 Å². The highest BCUT2D eigenvalue weighted by Crippen LogP contribution is 2.62. The van der Waals surface area contributed by atoms with E-state index in [0.717, 1.165) is 17.5 Å². The number of aryl methyl sites for hydroxylation is 2. The second kappa shape index (κ2) is 8.67. The van der Waals surface area contributed by atoms with E-state index in [0.29, 0.717) is 27.8 Å².